The molecule has 5 nitrogen and oxygen atoms in total. The zero-order valence-corrected chi connectivity index (χ0v) is 17.1. The van der Waals surface area contributed by atoms with Crippen molar-refractivity contribution >= 4 is 11.8 Å². The molecule has 0 spiro atoms. The third-order valence-electron chi connectivity index (χ3n) is 7.67. The molecule has 5 aliphatic rings. The van der Waals surface area contributed by atoms with Gasteiger partial charge in [-0.15, -0.1) is 0 Å². The van der Waals surface area contributed by atoms with Crippen molar-refractivity contribution in [2.45, 2.75) is 45.1 Å². The molecule has 0 unspecified atom stereocenters. The largest absolute Gasteiger partial charge is 0.435 e. The minimum atomic E-state index is -2.88. The second-order valence-electron chi connectivity index (χ2n) is 9.69. The van der Waals surface area contributed by atoms with Crippen LogP contribution in [0.1, 0.15) is 48.9 Å². The monoisotopic (exact) mass is 418 g/mol. The molecule has 30 heavy (non-hydrogen) atoms. The fourth-order valence-electron chi connectivity index (χ4n) is 6.78. The van der Waals surface area contributed by atoms with Crippen LogP contribution in [0.15, 0.2) is 24.3 Å². The molecule has 1 saturated heterocycles. The van der Waals surface area contributed by atoms with Crippen LogP contribution in [0.5, 0.6) is 5.75 Å². The van der Waals surface area contributed by atoms with E-state index < -0.39 is 6.61 Å². The number of alkyl halides is 2. The van der Waals surface area contributed by atoms with Crippen LogP contribution in [0.3, 0.4) is 0 Å². The molecule has 4 saturated carbocycles. The summed E-state index contributed by atoms with van der Waals surface area (Å²) in [5, 5.41) is 0. The highest BCUT2D eigenvalue weighted by molar-refractivity contribution is 5.94. The summed E-state index contributed by atoms with van der Waals surface area (Å²) < 4.78 is 28.9. The molecule has 1 aromatic carbocycles. The predicted molar refractivity (Wildman–Crippen MR) is 106 cm³/mol. The van der Waals surface area contributed by atoms with E-state index >= 15 is 0 Å². The zero-order chi connectivity index (χ0) is 20.9. The van der Waals surface area contributed by atoms with Gasteiger partial charge in [0.1, 0.15) is 5.75 Å². The third kappa shape index (κ3) is 3.56. The first-order chi connectivity index (χ1) is 14.4. The fourth-order valence-corrected chi connectivity index (χ4v) is 6.78. The Morgan fingerprint density at radius 3 is 1.87 bits per heavy atom. The number of nitrogens with zero attached hydrogens (tertiary/aromatic N) is 2. The maximum absolute atomic E-state index is 13.5. The Labute approximate surface area is 175 Å². The van der Waals surface area contributed by atoms with Crippen LogP contribution in [-0.2, 0) is 4.79 Å². The molecule has 4 aliphatic carbocycles. The van der Waals surface area contributed by atoms with E-state index in [-0.39, 0.29) is 17.1 Å². The number of rotatable bonds is 4. The van der Waals surface area contributed by atoms with Crippen molar-refractivity contribution in [1.82, 2.24) is 9.80 Å². The molecular formula is C23H28F2N2O3. The van der Waals surface area contributed by atoms with Crippen LogP contribution in [0.2, 0.25) is 0 Å². The van der Waals surface area contributed by atoms with Crippen molar-refractivity contribution in [3.63, 3.8) is 0 Å². The van der Waals surface area contributed by atoms with Crippen LogP contribution >= 0.6 is 0 Å². The van der Waals surface area contributed by atoms with E-state index in [2.05, 4.69) is 4.74 Å². The van der Waals surface area contributed by atoms with Gasteiger partial charge in [-0.05, 0) is 80.5 Å². The lowest BCUT2D eigenvalue weighted by atomic mass is 9.49. The SMILES string of the molecule is O=C(c1ccc(OC(F)F)cc1)N1CCN(C(=O)C23CC4CC(CC(C4)C2)C3)CC1. The molecule has 6 rings (SSSR count). The predicted octanol–water partition coefficient (Wildman–Crippen LogP) is 3.79. The second-order valence-corrected chi connectivity index (χ2v) is 9.69. The molecule has 0 N–H and O–H groups in total. The normalized spacial score (nSPS) is 32.6. The van der Waals surface area contributed by atoms with Crippen molar-refractivity contribution in [1.29, 1.82) is 0 Å². The number of piperazine rings is 1. The van der Waals surface area contributed by atoms with Crippen molar-refractivity contribution in [3.05, 3.63) is 29.8 Å². The van der Waals surface area contributed by atoms with E-state index in [0.29, 0.717) is 37.6 Å². The Bertz CT molecular complexity index is 783. The number of benzene rings is 1. The van der Waals surface area contributed by atoms with Gasteiger partial charge < -0.3 is 14.5 Å². The van der Waals surface area contributed by atoms with Gasteiger partial charge in [0.05, 0.1) is 5.41 Å². The molecule has 1 heterocycles. The maximum atomic E-state index is 13.5. The van der Waals surface area contributed by atoms with Crippen molar-refractivity contribution in [3.8, 4) is 5.75 Å². The standard InChI is InChI=1S/C23H28F2N2O3/c24-22(25)30-19-3-1-18(2-4-19)20(28)26-5-7-27(8-6-26)21(29)23-12-15-9-16(13-23)11-17(10-15)14-23/h1-4,15-17,22H,5-14H2. The Balaban J connectivity index is 1.19. The minimum Gasteiger partial charge on any atom is -0.435 e. The van der Waals surface area contributed by atoms with Crippen LogP contribution < -0.4 is 4.74 Å². The highest BCUT2D eigenvalue weighted by atomic mass is 19.3. The first-order valence-electron chi connectivity index (χ1n) is 11.1. The van der Waals surface area contributed by atoms with Crippen LogP contribution in [0.25, 0.3) is 0 Å². The number of halogens is 2. The summed E-state index contributed by atoms with van der Waals surface area (Å²) in [6, 6.07) is 5.78. The summed E-state index contributed by atoms with van der Waals surface area (Å²) in [5.41, 5.74) is 0.305. The van der Waals surface area contributed by atoms with Crippen LogP contribution in [0.4, 0.5) is 8.78 Å². The average molecular weight is 418 g/mol. The first-order valence-corrected chi connectivity index (χ1v) is 11.1. The van der Waals surface area contributed by atoms with Crippen molar-refractivity contribution < 1.29 is 23.1 Å². The van der Waals surface area contributed by atoms with E-state index in [1.54, 1.807) is 4.90 Å². The minimum absolute atomic E-state index is 0.0348. The second kappa shape index (κ2) is 7.50. The smallest absolute Gasteiger partial charge is 0.387 e. The number of ether oxygens (including phenoxy) is 1. The fraction of sp³-hybridized carbons (Fsp3) is 0.652. The maximum Gasteiger partial charge on any atom is 0.387 e. The summed E-state index contributed by atoms with van der Waals surface area (Å²) in [7, 11) is 0. The third-order valence-corrected chi connectivity index (χ3v) is 7.67. The lowest BCUT2D eigenvalue weighted by Crippen LogP contribution is -2.58. The molecule has 0 aromatic heterocycles. The average Bonchev–Trinajstić information content (AvgIpc) is 2.72. The van der Waals surface area contributed by atoms with Gasteiger partial charge in [-0.2, -0.15) is 8.78 Å². The summed E-state index contributed by atoms with van der Waals surface area (Å²) in [4.78, 5) is 30.0. The molecule has 7 heteroatoms. The zero-order valence-electron chi connectivity index (χ0n) is 17.1. The Kier molecular flexibility index (Phi) is 4.94. The van der Waals surface area contributed by atoms with Crippen LogP contribution in [-0.4, -0.2) is 54.4 Å². The molecular weight excluding hydrogens is 390 g/mol. The lowest BCUT2D eigenvalue weighted by molar-refractivity contribution is -0.159. The summed E-state index contributed by atoms with van der Waals surface area (Å²) in [6.07, 6.45) is 7.12. The number of carbonyl (C=O) groups excluding carboxylic acids is 2. The van der Waals surface area contributed by atoms with Gasteiger partial charge in [-0.1, -0.05) is 0 Å². The highest BCUT2D eigenvalue weighted by Crippen LogP contribution is 2.60. The summed E-state index contributed by atoms with van der Waals surface area (Å²) >= 11 is 0. The van der Waals surface area contributed by atoms with E-state index in [1.807, 2.05) is 4.90 Å². The number of hydrogen-bond donors (Lipinski definition) is 0. The highest BCUT2D eigenvalue weighted by Gasteiger charge is 2.55. The van der Waals surface area contributed by atoms with Gasteiger partial charge in [-0.3, -0.25) is 9.59 Å². The Hall–Kier alpha value is -2.18. The molecule has 0 radical (unpaired) electrons. The number of carbonyl (C=O) groups is 2. The Morgan fingerprint density at radius 2 is 1.37 bits per heavy atom. The van der Waals surface area contributed by atoms with Crippen LogP contribution in [0, 0.1) is 23.2 Å². The van der Waals surface area contributed by atoms with Gasteiger partial charge in [0.25, 0.3) is 5.91 Å². The lowest BCUT2D eigenvalue weighted by Gasteiger charge is -2.57. The molecule has 0 atom stereocenters. The molecule has 2 amide bonds. The van der Waals surface area contributed by atoms with Gasteiger partial charge in [0.15, 0.2) is 0 Å². The van der Waals surface area contributed by atoms with E-state index in [1.165, 1.54) is 43.5 Å². The first kappa shape index (κ1) is 19.8. The quantitative estimate of drug-likeness (QED) is 0.748. The summed E-state index contributed by atoms with van der Waals surface area (Å²) in [5.74, 6) is 2.43. The van der Waals surface area contributed by atoms with E-state index in [0.717, 1.165) is 37.0 Å². The molecule has 162 valence electrons. The van der Waals surface area contributed by atoms with Gasteiger partial charge in [0, 0.05) is 31.7 Å². The molecule has 1 aromatic rings. The Morgan fingerprint density at radius 1 is 0.867 bits per heavy atom. The van der Waals surface area contributed by atoms with Gasteiger partial charge >= 0.3 is 6.61 Å². The van der Waals surface area contributed by atoms with Crippen molar-refractivity contribution in [2.24, 2.45) is 23.2 Å². The van der Waals surface area contributed by atoms with Crippen molar-refractivity contribution in [2.75, 3.05) is 26.2 Å². The number of hydrogen-bond acceptors (Lipinski definition) is 3. The number of amides is 2. The molecule has 5 fully saturated rings. The van der Waals surface area contributed by atoms with E-state index in [9.17, 15) is 18.4 Å². The molecule has 1 aliphatic heterocycles. The topological polar surface area (TPSA) is 49.9 Å². The molecule has 4 bridgehead atoms. The summed E-state index contributed by atoms with van der Waals surface area (Å²) in [6.45, 7) is -0.734. The van der Waals surface area contributed by atoms with Gasteiger partial charge in [0.2, 0.25) is 5.91 Å². The van der Waals surface area contributed by atoms with E-state index in [4.69, 9.17) is 0 Å². The van der Waals surface area contributed by atoms with Gasteiger partial charge in [-0.25, -0.2) is 0 Å².